The summed E-state index contributed by atoms with van der Waals surface area (Å²) in [5.41, 5.74) is 7.32. The first-order chi connectivity index (χ1) is 10.8. The number of anilines is 1. The fraction of sp³-hybridized carbons (Fsp3) is 0.611. The third kappa shape index (κ3) is 5.05. The van der Waals surface area contributed by atoms with Gasteiger partial charge in [0.15, 0.2) is 0 Å². The number of benzene rings is 1. The van der Waals surface area contributed by atoms with Crippen molar-refractivity contribution in [3.8, 4) is 5.75 Å². The van der Waals surface area contributed by atoms with E-state index < -0.39 is 5.60 Å². The predicted molar refractivity (Wildman–Crippen MR) is 91.6 cm³/mol. The molecule has 5 heteroatoms. The molecule has 128 valence electrons. The van der Waals surface area contributed by atoms with Gasteiger partial charge in [-0.3, -0.25) is 0 Å². The van der Waals surface area contributed by atoms with Crippen molar-refractivity contribution in [2.45, 2.75) is 46.1 Å². The number of hydrogen-bond donors (Lipinski definition) is 1. The van der Waals surface area contributed by atoms with E-state index in [-0.39, 0.29) is 6.09 Å². The van der Waals surface area contributed by atoms with Gasteiger partial charge in [0.2, 0.25) is 0 Å². The van der Waals surface area contributed by atoms with Gasteiger partial charge in [-0.05, 0) is 58.1 Å². The quantitative estimate of drug-likeness (QED) is 0.864. The summed E-state index contributed by atoms with van der Waals surface area (Å²) in [6.45, 7) is 9.70. The highest BCUT2D eigenvalue weighted by Gasteiger charge is 2.27. The zero-order valence-electron chi connectivity index (χ0n) is 14.6. The van der Waals surface area contributed by atoms with E-state index in [1.54, 1.807) is 4.90 Å². The first-order valence-corrected chi connectivity index (χ1v) is 8.22. The molecule has 0 spiro atoms. The topological polar surface area (TPSA) is 64.8 Å². The maximum Gasteiger partial charge on any atom is 0.410 e. The summed E-state index contributed by atoms with van der Waals surface area (Å²) in [5, 5.41) is 0. The lowest BCUT2D eigenvalue weighted by Gasteiger charge is -2.33. The van der Waals surface area contributed by atoms with Crippen molar-refractivity contribution in [1.82, 2.24) is 4.90 Å². The molecule has 1 saturated heterocycles. The van der Waals surface area contributed by atoms with Crippen molar-refractivity contribution in [2.24, 2.45) is 5.92 Å². The van der Waals surface area contributed by atoms with E-state index in [1.807, 2.05) is 45.9 Å². The third-order valence-electron chi connectivity index (χ3n) is 4.02. The number of nitrogens with two attached hydrogens (primary N) is 1. The van der Waals surface area contributed by atoms with Crippen molar-refractivity contribution >= 4 is 11.8 Å². The van der Waals surface area contributed by atoms with Gasteiger partial charge in [-0.25, -0.2) is 4.79 Å². The molecule has 1 aliphatic heterocycles. The Morgan fingerprint density at radius 3 is 2.57 bits per heavy atom. The molecule has 1 heterocycles. The molecule has 5 nitrogen and oxygen atoms in total. The summed E-state index contributed by atoms with van der Waals surface area (Å²) >= 11 is 0. The van der Waals surface area contributed by atoms with E-state index in [0.29, 0.717) is 31.3 Å². The average molecular weight is 320 g/mol. The van der Waals surface area contributed by atoms with Crippen LogP contribution in [0, 0.1) is 12.8 Å². The first kappa shape index (κ1) is 17.4. The minimum absolute atomic E-state index is 0.222. The Hall–Kier alpha value is -1.91. The maximum absolute atomic E-state index is 12.0. The maximum atomic E-state index is 12.0. The summed E-state index contributed by atoms with van der Waals surface area (Å²) in [6.07, 6.45) is 1.62. The number of nitrogens with zero attached hydrogens (tertiary/aromatic N) is 1. The van der Waals surface area contributed by atoms with Crippen LogP contribution in [0.5, 0.6) is 5.75 Å². The van der Waals surface area contributed by atoms with Crippen LogP contribution < -0.4 is 10.5 Å². The van der Waals surface area contributed by atoms with E-state index >= 15 is 0 Å². The molecule has 0 atom stereocenters. The normalized spacial score (nSPS) is 16.3. The third-order valence-corrected chi connectivity index (χ3v) is 4.02. The molecule has 0 unspecified atom stereocenters. The summed E-state index contributed by atoms with van der Waals surface area (Å²) in [5.74, 6) is 1.19. The predicted octanol–water partition coefficient (Wildman–Crippen LogP) is 3.60. The Kier molecular flexibility index (Phi) is 5.39. The van der Waals surface area contributed by atoms with Crippen LogP contribution in [0.4, 0.5) is 10.5 Å². The largest absolute Gasteiger partial charge is 0.491 e. The van der Waals surface area contributed by atoms with Gasteiger partial charge in [-0.2, -0.15) is 0 Å². The second kappa shape index (κ2) is 7.11. The Bertz CT molecular complexity index is 544. The van der Waals surface area contributed by atoms with Crippen LogP contribution in [0.25, 0.3) is 0 Å². The molecular formula is C18H28N2O3. The number of likely N-dealkylation sites (tertiary alicyclic amines) is 1. The summed E-state index contributed by atoms with van der Waals surface area (Å²) in [4.78, 5) is 13.8. The Labute approximate surface area is 138 Å². The van der Waals surface area contributed by atoms with Gasteiger partial charge in [0.05, 0.1) is 12.3 Å². The van der Waals surface area contributed by atoms with Crippen LogP contribution in [0.1, 0.15) is 39.2 Å². The van der Waals surface area contributed by atoms with E-state index in [9.17, 15) is 4.79 Å². The number of carbonyl (C=O) groups is 1. The molecule has 0 aromatic heterocycles. The standard InChI is InChI=1S/C18H28N2O3/c1-13-6-5-7-15(16(13)19)22-12-14-8-10-20(11-9-14)17(21)23-18(2,3)4/h5-7,14H,8-12,19H2,1-4H3. The fourth-order valence-electron chi connectivity index (χ4n) is 2.60. The van der Waals surface area contributed by atoms with Gasteiger partial charge >= 0.3 is 6.09 Å². The molecule has 0 radical (unpaired) electrons. The van der Waals surface area contributed by atoms with Gasteiger partial charge in [0, 0.05) is 13.1 Å². The minimum Gasteiger partial charge on any atom is -0.491 e. The zero-order valence-corrected chi connectivity index (χ0v) is 14.6. The van der Waals surface area contributed by atoms with Gasteiger partial charge < -0.3 is 20.1 Å². The molecule has 1 amide bonds. The Morgan fingerprint density at radius 1 is 1.30 bits per heavy atom. The fourth-order valence-corrected chi connectivity index (χ4v) is 2.60. The first-order valence-electron chi connectivity index (χ1n) is 8.22. The molecule has 2 N–H and O–H groups in total. The highest BCUT2D eigenvalue weighted by atomic mass is 16.6. The van der Waals surface area contributed by atoms with Crippen molar-refractivity contribution in [3.63, 3.8) is 0 Å². The molecular weight excluding hydrogens is 292 g/mol. The summed E-state index contributed by atoms with van der Waals surface area (Å²) in [7, 11) is 0. The van der Waals surface area contributed by atoms with E-state index in [1.165, 1.54) is 0 Å². The van der Waals surface area contributed by atoms with E-state index in [0.717, 1.165) is 24.2 Å². The lowest BCUT2D eigenvalue weighted by molar-refractivity contribution is 0.0165. The molecule has 1 aromatic rings. The zero-order chi connectivity index (χ0) is 17.0. The molecule has 2 rings (SSSR count). The smallest absolute Gasteiger partial charge is 0.410 e. The Balaban J connectivity index is 1.79. The van der Waals surface area contributed by atoms with Crippen LogP contribution in [0.15, 0.2) is 18.2 Å². The van der Waals surface area contributed by atoms with Crippen molar-refractivity contribution in [2.75, 3.05) is 25.4 Å². The van der Waals surface area contributed by atoms with Crippen LogP contribution in [-0.2, 0) is 4.74 Å². The van der Waals surface area contributed by atoms with Crippen molar-refractivity contribution < 1.29 is 14.3 Å². The number of amides is 1. The Morgan fingerprint density at radius 2 is 1.96 bits per heavy atom. The summed E-state index contributed by atoms with van der Waals surface area (Å²) in [6, 6.07) is 5.83. The number of hydrogen-bond acceptors (Lipinski definition) is 4. The lowest BCUT2D eigenvalue weighted by Crippen LogP contribution is -2.42. The van der Waals surface area contributed by atoms with Gasteiger partial charge in [0.25, 0.3) is 0 Å². The number of carbonyl (C=O) groups excluding carboxylic acids is 1. The molecule has 0 aliphatic carbocycles. The monoisotopic (exact) mass is 320 g/mol. The highest BCUT2D eigenvalue weighted by Crippen LogP contribution is 2.26. The van der Waals surface area contributed by atoms with Crippen molar-refractivity contribution in [1.29, 1.82) is 0 Å². The van der Waals surface area contributed by atoms with Gasteiger partial charge in [-0.1, -0.05) is 12.1 Å². The van der Waals surface area contributed by atoms with E-state index in [4.69, 9.17) is 15.2 Å². The van der Waals surface area contributed by atoms with Gasteiger partial charge in [0.1, 0.15) is 11.4 Å². The van der Waals surface area contributed by atoms with Crippen LogP contribution >= 0.6 is 0 Å². The second-order valence-corrected chi connectivity index (χ2v) is 7.21. The number of rotatable bonds is 3. The molecule has 1 aliphatic rings. The molecule has 0 bridgehead atoms. The average Bonchev–Trinajstić information content (AvgIpc) is 2.47. The number of piperidine rings is 1. The van der Waals surface area contributed by atoms with Crippen molar-refractivity contribution in [3.05, 3.63) is 23.8 Å². The van der Waals surface area contributed by atoms with Crippen LogP contribution in [0.3, 0.4) is 0 Å². The van der Waals surface area contributed by atoms with Crippen LogP contribution in [-0.4, -0.2) is 36.3 Å². The molecule has 1 aromatic carbocycles. The number of nitrogen functional groups attached to an aromatic ring is 1. The van der Waals surface area contributed by atoms with Crippen LogP contribution in [0.2, 0.25) is 0 Å². The molecule has 0 saturated carbocycles. The second-order valence-electron chi connectivity index (χ2n) is 7.21. The van der Waals surface area contributed by atoms with Gasteiger partial charge in [-0.15, -0.1) is 0 Å². The summed E-state index contributed by atoms with van der Waals surface area (Å²) < 4.78 is 11.3. The minimum atomic E-state index is -0.445. The SMILES string of the molecule is Cc1cccc(OCC2CCN(C(=O)OC(C)(C)C)CC2)c1N. The lowest BCUT2D eigenvalue weighted by atomic mass is 9.98. The number of aryl methyl sites for hydroxylation is 1. The number of ether oxygens (including phenoxy) is 2. The highest BCUT2D eigenvalue weighted by molar-refractivity contribution is 5.68. The van der Waals surface area contributed by atoms with E-state index in [2.05, 4.69) is 0 Å². The number of para-hydroxylation sites is 1. The molecule has 1 fully saturated rings. The molecule has 23 heavy (non-hydrogen) atoms.